The number of carbonyl (C=O) groups excluding carboxylic acids is 1. The fourth-order valence-corrected chi connectivity index (χ4v) is 3.13. The first-order valence-electron chi connectivity index (χ1n) is 8.71. The molecule has 26 heavy (non-hydrogen) atoms. The zero-order chi connectivity index (χ0) is 18.4. The minimum atomic E-state index is -0.257. The first-order chi connectivity index (χ1) is 12.6. The summed E-state index contributed by atoms with van der Waals surface area (Å²) in [7, 11) is 0. The van der Waals surface area contributed by atoms with Crippen LogP contribution < -0.4 is 4.74 Å². The Kier molecular flexibility index (Phi) is 6.28. The van der Waals surface area contributed by atoms with Crippen LogP contribution >= 0.6 is 11.6 Å². The van der Waals surface area contributed by atoms with Crippen LogP contribution in [0.1, 0.15) is 25.3 Å². The highest BCUT2D eigenvalue weighted by atomic mass is 35.5. The fourth-order valence-electron chi connectivity index (χ4n) is 3.03. The lowest BCUT2D eigenvalue weighted by molar-refractivity contribution is 0.0603. The molecule has 1 aliphatic heterocycles. The van der Waals surface area contributed by atoms with E-state index in [0.717, 1.165) is 18.4 Å². The molecule has 1 aliphatic rings. The molecule has 1 atom stereocenters. The Morgan fingerprint density at radius 3 is 2.54 bits per heavy atom. The van der Waals surface area contributed by atoms with Crippen LogP contribution in [0.5, 0.6) is 5.75 Å². The van der Waals surface area contributed by atoms with E-state index < -0.39 is 0 Å². The summed E-state index contributed by atoms with van der Waals surface area (Å²) in [6.45, 7) is 3.67. The SMILES string of the molecule is CC(Oc1cnc(Cl)nc1)C1CCN(C(=O)OCc2ccccc2)CC1. The van der Waals surface area contributed by atoms with Gasteiger partial charge in [0, 0.05) is 13.1 Å². The number of benzene rings is 1. The van der Waals surface area contributed by atoms with Gasteiger partial charge in [0.05, 0.1) is 18.5 Å². The third-order valence-electron chi connectivity index (χ3n) is 4.59. The van der Waals surface area contributed by atoms with Gasteiger partial charge in [-0.3, -0.25) is 0 Å². The number of nitrogens with zero attached hydrogens (tertiary/aromatic N) is 3. The summed E-state index contributed by atoms with van der Waals surface area (Å²) in [5.74, 6) is 0.968. The molecule has 0 radical (unpaired) electrons. The minimum Gasteiger partial charge on any atom is -0.487 e. The summed E-state index contributed by atoms with van der Waals surface area (Å²) in [4.78, 5) is 21.8. The maximum Gasteiger partial charge on any atom is 0.410 e. The Hall–Kier alpha value is -2.34. The number of likely N-dealkylation sites (tertiary alicyclic amines) is 1. The van der Waals surface area contributed by atoms with Crippen molar-refractivity contribution in [3.63, 3.8) is 0 Å². The lowest BCUT2D eigenvalue weighted by atomic mass is 9.92. The summed E-state index contributed by atoms with van der Waals surface area (Å²) < 4.78 is 11.3. The van der Waals surface area contributed by atoms with Gasteiger partial charge in [0.1, 0.15) is 6.61 Å². The lowest BCUT2D eigenvalue weighted by Gasteiger charge is -2.34. The second-order valence-corrected chi connectivity index (χ2v) is 6.71. The highest BCUT2D eigenvalue weighted by Gasteiger charge is 2.28. The van der Waals surface area contributed by atoms with E-state index in [1.807, 2.05) is 37.3 Å². The molecule has 6 nitrogen and oxygen atoms in total. The number of halogens is 1. The van der Waals surface area contributed by atoms with Crippen molar-refractivity contribution in [3.8, 4) is 5.75 Å². The van der Waals surface area contributed by atoms with Crippen molar-refractivity contribution in [3.05, 3.63) is 53.6 Å². The molecule has 3 rings (SSSR count). The Balaban J connectivity index is 1.43. The molecule has 1 unspecified atom stereocenters. The van der Waals surface area contributed by atoms with Gasteiger partial charge in [-0.2, -0.15) is 0 Å². The number of ether oxygens (including phenoxy) is 2. The molecule has 0 N–H and O–H groups in total. The van der Waals surface area contributed by atoms with Crippen molar-refractivity contribution in [1.29, 1.82) is 0 Å². The predicted molar refractivity (Wildman–Crippen MR) is 98.1 cm³/mol. The highest BCUT2D eigenvalue weighted by molar-refractivity contribution is 6.28. The van der Waals surface area contributed by atoms with Crippen LogP contribution in [0.4, 0.5) is 4.79 Å². The molecule has 2 heterocycles. The highest BCUT2D eigenvalue weighted by Crippen LogP contribution is 2.24. The monoisotopic (exact) mass is 375 g/mol. The molecule has 1 amide bonds. The summed E-state index contributed by atoms with van der Waals surface area (Å²) in [5, 5.41) is 0.201. The predicted octanol–water partition coefficient (Wildman–Crippen LogP) is 3.95. The smallest absolute Gasteiger partial charge is 0.410 e. The average Bonchev–Trinajstić information content (AvgIpc) is 2.69. The van der Waals surface area contributed by atoms with Gasteiger partial charge < -0.3 is 14.4 Å². The molecule has 1 fully saturated rings. The molecule has 1 aromatic heterocycles. The molecule has 0 bridgehead atoms. The van der Waals surface area contributed by atoms with E-state index in [2.05, 4.69) is 9.97 Å². The molecule has 1 aromatic carbocycles. The van der Waals surface area contributed by atoms with Gasteiger partial charge in [-0.15, -0.1) is 0 Å². The second kappa shape index (κ2) is 8.85. The molecular weight excluding hydrogens is 354 g/mol. The first-order valence-corrected chi connectivity index (χ1v) is 9.09. The van der Waals surface area contributed by atoms with Crippen molar-refractivity contribution in [2.45, 2.75) is 32.5 Å². The molecule has 0 aliphatic carbocycles. The molecular formula is C19H22ClN3O3. The van der Waals surface area contributed by atoms with Gasteiger partial charge in [0.2, 0.25) is 5.28 Å². The third kappa shape index (κ3) is 5.08. The quantitative estimate of drug-likeness (QED) is 0.740. The number of amides is 1. The maximum atomic E-state index is 12.2. The molecule has 7 heteroatoms. The Morgan fingerprint density at radius 2 is 1.88 bits per heavy atom. The summed E-state index contributed by atoms with van der Waals surface area (Å²) >= 11 is 5.68. The van der Waals surface area contributed by atoms with Crippen molar-refractivity contribution in [2.24, 2.45) is 5.92 Å². The van der Waals surface area contributed by atoms with Crippen LogP contribution in [0.3, 0.4) is 0 Å². The Morgan fingerprint density at radius 1 is 1.23 bits per heavy atom. The zero-order valence-corrected chi connectivity index (χ0v) is 15.4. The van der Waals surface area contributed by atoms with Crippen molar-refractivity contribution < 1.29 is 14.3 Å². The van der Waals surface area contributed by atoms with Gasteiger partial charge in [-0.1, -0.05) is 30.3 Å². The first kappa shape index (κ1) is 18.5. The average molecular weight is 376 g/mol. The summed E-state index contributed by atoms with van der Waals surface area (Å²) in [6.07, 6.45) is 4.64. The number of aromatic nitrogens is 2. The van der Waals surface area contributed by atoms with Gasteiger partial charge >= 0.3 is 6.09 Å². The maximum absolute atomic E-state index is 12.2. The van der Waals surface area contributed by atoms with E-state index in [1.54, 1.807) is 17.3 Å². The van der Waals surface area contributed by atoms with E-state index >= 15 is 0 Å². The lowest BCUT2D eigenvalue weighted by Crippen LogP contribution is -2.42. The molecule has 138 valence electrons. The Labute approximate surface area is 158 Å². The van der Waals surface area contributed by atoms with Gasteiger partial charge in [0.15, 0.2) is 5.75 Å². The molecule has 0 saturated carbocycles. The molecule has 2 aromatic rings. The van der Waals surface area contributed by atoms with Gasteiger partial charge in [-0.25, -0.2) is 14.8 Å². The third-order valence-corrected chi connectivity index (χ3v) is 4.78. The minimum absolute atomic E-state index is 0.0160. The van der Waals surface area contributed by atoms with Crippen molar-refractivity contribution in [2.75, 3.05) is 13.1 Å². The Bertz CT molecular complexity index is 704. The van der Waals surface area contributed by atoms with Crippen molar-refractivity contribution in [1.82, 2.24) is 14.9 Å². The van der Waals surface area contributed by atoms with E-state index in [-0.39, 0.29) is 17.5 Å². The fraction of sp³-hybridized carbons (Fsp3) is 0.421. The van der Waals surface area contributed by atoms with Crippen molar-refractivity contribution >= 4 is 17.7 Å². The van der Waals surface area contributed by atoms with Crippen LogP contribution in [-0.2, 0) is 11.3 Å². The number of carbonyl (C=O) groups is 1. The van der Waals surface area contributed by atoms with Crippen LogP contribution in [-0.4, -0.2) is 40.2 Å². The molecule has 0 spiro atoms. The topological polar surface area (TPSA) is 64.6 Å². The standard InChI is InChI=1S/C19H22ClN3O3/c1-14(26-17-11-21-18(20)22-12-17)16-7-9-23(10-8-16)19(24)25-13-15-5-3-2-4-6-15/h2-6,11-12,14,16H,7-10,13H2,1H3. The zero-order valence-electron chi connectivity index (χ0n) is 14.7. The second-order valence-electron chi connectivity index (χ2n) is 6.38. The number of piperidine rings is 1. The van der Waals surface area contributed by atoms with Gasteiger partial charge in [-0.05, 0) is 42.8 Å². The van der Waals surface area contributed by atoms with Crippen LogP contribution in [0.25, 0.3) is 0 Å². The van der Waals surface area contributed by atoms with E-state index in [9.17, 15) is 4.79 Å². The summed E-state index contributed by atoms with van der Waals surface area (Å²) in [5.41, 5.74) is 0.989. The largest absolute Gasteiger partial charge is 0.487 e. The van der Waals surface area contributed by atoms with Gasteiger partial charge in [0.25, 0.3) is 0 Å². The summed E-state index contributed by atoms with van der Waals surface area (Å²) in [6, 6.07) is 9.69. The van der Waals surface area contributed by atoms with Crippen LogP contribution in [0, 0.1) is 5.92 Å². The number of hydrogen-bond acceptors (Lipinski definition) is 5. The molecule has 1 saturated heterocycles. The van der Waals surface area contributed by atoms with Crippen LogP contribution in [0.2, 0.25) is 5.28 Å². The number of hydrogen-bond donors (Lipinski definition) is 0. The number of rotatable bonds is 5. The normalized spacial score (nSPS) is 16.2. The van der Waals surface area contributed by atoms with E-state index in [4.69, 9.17) is 21.1 Å². The van der Waals surface area contributed by atoms with E-state index in [0.29, 0.717) is 31.4 Å². The van der Waals surface area contributed by atoms with E-state index in [1.165, 1.54) is 0 Å². The van der Waals surface area contributed by atoms with Crippen LogP contribution in [0.15, 0.2) is 42.7 Å².